The molecule has 2 heterocycles. The second-order valence-corrected chi connectivity index (χ2v) is 6.35. The summed E-state index contributed by atoms with van der Waals surface area (Å²) in [6.07, 6.45) is 1.89. The first-order valence-corrected chi connectivity index (χ1v) is 8.15. The van der Waals surface area contributed by atoms with Crippen LogP contribution >= 0.6 is 0 Å². The van der Waals surface area contributed by atoms with Crippen molar-refractivity contribution >= 4 is 29.4 Å². The fourth-order valence-corrected chi connectivity index (χ4v) is 2.72. The molecule has 8 heteroatoms. The Bertz CT molecular complexity index is 765. The highest BCUT2D eigenvalue weighted by Crippen LogP contribution is 2.29. The van der Waals surface area contributed by atoms with Crippen molar-refractivity contribution in [3.8, 4) is 0 Å². The SMILES string of the molecule is C=C1C(=O)N(C2CCC(=O)NC2=O)C(=O)/C1=C/C(=C)N(C)CCC(C)=O. The third-order valence-corrected chi connectivity index (χ3v) is 4.37. The van der Waals surface area contributed by atoms with E-state index in [1.165, 1.54) is 13.0 Å². The summed E-state index contributed by atoms with van der Waals surface area (Å²) < 4.78 is 0. The average molecular weight is 359 g/mol. The number of likely N-dealkylation sites (tertiary alicyclic amines) is 1. The standard InChI is InChI=1S/C18H21N3O5/c1-10(20(4)8-7-11(2)22)9-13-12(3)17(25)21(18(13)26)14-5-6-15(23)19-16(14)24/h9,14H,1,3,5-8H2,2,4H3,(H,19,23,24)/b13-9+. The highest BCUT2D eigenvalue weighted by Gasteiger charge is 2.45. The molecule has 2 fully saturated rings. The minimum absolute atomic E-state index is 0.0258. The highest BCUT2D eigenvalue weighted by molar-refractivity contribution is 6.26. The maximum atomic E-state index is 12.7. The molecule has 4 amide bonds. The van der Waals surface area contributed by atoms with Gasteiger partial charge in [-0.3, -0.25) is 34.2 Å². The summed E-state index contributed by atoms with van der Waals surface area (Å²) in [4.78, 5) is 62.0. The maximum Gasteiger partial charge on any atom is 0.262 e. The first-order chi connectivity index (χ1) is 12.1. The number of imide groups is 2. The van der Waals surface area contributed by atoms with Crippen LogP contribution in [0.25, 0.3) is 0 Å². The van der Waals surface area contributed by atoms with Gasteiger partial charge in [-0.15, -0.1) is 0 Å². The number of ketones is 1. The van der Waals surface area contributed by atoms with Crippen LogP contribution in [-0.4, -0.2) is 58.8 Å². The van der Waals surface area contributed by atoms with E-state index in [4.69, 9.17) is 0 Å². The fourth-order valence-electron chi connectivity index (χ4n) is 2.72. The highest BCUT2D eigenvalue weighted by atomic mass is 16.2. The smallest absolute Gasteiger partial charge is 0.262 e. The molecular formula is C18H21N3O5. The van der Waals surface area contributed by atoms with E-state index in [2.05, 4.69) is 18.5 Å². The van der Waals surface area contributed by atoms with Gasteiger partial charge in [0.1, 0.15) is 11.8 Å². The predicted molar refractivity (Wildman–Crippen MR) is 92.3 cm³/mol. The van der Waals surface area contributed by atoms with Crippen LogP contribution in [0.4, 0.5) is 0 Å². The Morgan fingerprint density at radius 1 is 1.31 bits per heavy atom. The van der Waals surface area contributed by atoms with Crippen LogP contribution in [0.2, 0.25) is 0 Å². The minimum atomic E-state index is -1.03. The lowest BCUT2D eigenvalue weighted by Crippen LogP contribution is -2.54. The molecule has 1 N–H and O–H groups in total. The van der Waals surface area contributed by atoms with Crippen LogP contribution in [0.15, 0.2) is 36.1 Å². The molecule has 0 aromatic carbocycles. The fraction of sp³-hybridized carbons (Fsp3) is 0.389. The number of amides is 4. The number of piperidine rings is 1. The number of nitrogens with one attached hydrogen (secondary N) is 1. The molecule has 0 bridgehead atoms. The van der Waals surface area contributed by atoms with Gasteiger partial charge in [0.2, 0.25) is 11.8 Å². The van der Waals surface area contributed by atoms with Crippen molar-refractivity contribution in [2.24, 2.45) is 0 Å². The van der Waals surface area contributed by atoms with Crippen LogP contribution in [0.5, 0.6) is 0 Å². The summed E-state index contributed by atoms with van der Waals surface area (Å²) in [5, 5.41) is 2.13. The van der Waals surface area contributed by atoms with E-state index in [1.54, 1.807) is 11.9 Å². The van der Waals surface area contributed by atoms with E-state index >= 15 is 0 Å². The molecule has 138 valence electrons. The predicted octanol–water partition coefficient (Wildman–Crippen LogP) is 0.0676. The molecule has 1 unspecified atom stereocenters. The zero-order valence-electron chi connectivity index (χ0n) is 14.8. The summed E-state index contributed by atoms with van der Waals surface area (Å²) >= 11 is 0. The lowest BCUT2D eigenvalue weighted by molar-refractivity contribution is -0.149. The molecular weight excluding hydrogens is 338 g/mol. The molecule has 8 nitrogen and oxygen atoms in total. The number of allylic oxidation sites excluding steroid dienone is 1. The van der Waals surface area contributed by atoms with E-state index in [-0.39, 0.29) is 29.8 Å². The first kappa shape index (κ1) is 19.3. The van der Waals surface area contributed by atoms with Gasteiger partial charge in [0.15, 0.2) is 0 Å². The number of hydrogen-bond donors (Lipinski definition) is 1. The summed E-state index contributed by atoms with van der Waals surface area (Å²) in [5.41, 5.74) is 0.467. The molecule has 0 spiro atoms. The summed E-state index contributed by atoms with van der Waals surface area (Å²) in [6, 6.07) is -1.03. The summed E-state index contributed by atoms with van der Waals surface area (Å²) in [5.74, 6) is -2.38. The Kier molecular flexibility index (Phi) is 5.54. The minimum Gasteiger partial charge on any atom is -0.375 e. The molecule has 2 aliphatic rings. The van der Waals surface area contributed by atoms with E-state index in [0.29, 0.717) is 18.7 Å². The Morgan fingerprint density at radius 2 is 1.96 bits per heavy atom. The lowest BCUT2D eigenvalue weighted by Gasteiger charge is -2.27. The zero-order valence-corrected chi connectivity index (χ0v) is 14.8. The Balaban J connectivity index is 2.20. The molecule has 2 rings (SSSR count). The topological polar surface area (TPSA) is 104 Å². The third-order valence-electron chi connectivity index (χ3n) is 4.37. The van der Waals surface area contributed by atoms with E-state index < -0.39 is 29.7 Å². The van der Waals surface area contributed by atoms with E-state index in [9.17, 15) is 24.0 Å². The molecule has 1 atom stereocenters. The van der Waals surface area contributed by atoms with Crippen LogP contribution in [0, 0.1) is 0 Å². The van der Waals surface area contributed by atoms with Gasteiger partial charge in [-0.05, 0) is 19.4 Å². The van der Waals surface area contributed by atoms with Crippen LogP contribution in [-0.2, 0) is 24.0 Å². The van der Waals surface area contributed by atoms with Crippen LogP contribution in [0.1, 0.15) is 26.2 Å². The van der Waals surface area contributed by atoms with Crippen molar-refractivity contribution in [1.82, 2.24) is 15.1 Å². The molecule has 2 saturated heterocycles. The summed E-state index contributed by atoms with van der Waals surface area (Å²) in [6.45, 7) is 9.39. The van der Waals surface area contributed by atoms with Gasteiger partial charge in [-0.2, -0.15) is 0 Å². The molecule has 2 aliphatic heterocycles. The van der Waals surface area contributed by atoms with Gasteiger partial charge < -0.3 is 4.90 Å². The van der Waals surface area contributed by atoms with Crippen molar-refractivity contribution < 1.29 is 24.0 Å². The molecule has 0 aromatic heterocycles. The molecule has 26 heavy (non-hydrogen) atoms. The second-order valence-electron chi connectivity index (χ2n) is 6.35. The Morgan fingerprint density at radius 3 is 2.54 bits per heavy atom. The van der Waals surface area contributed by atoms with Crippen molar-refractivity contribution in [2.45, 2.75) is 32.2 Å². The summed E-state index contributed by atoms with van der Waals surface area (Å²) in [7, 11) is 1.71. The maximum absolute atomic E-state index is 12.7. The van der Waals surface area contributed by atoms with Gasteiger partial charge in [-0.1, -0.05) is 13.2 Å². The number of carbonyl (C=O) groups is 5. The number of likely N-dealkylation sites (N-methyl/N-ethyl adjacent to an activating group) is 1. The Hall–Kier alpha value is -3.03. The van der Waals surface area contributed by atoms with Crippen LogP contribution < -0.4 is 5.32 Å². The normalized spacial score (nSPS) is 22.1. The van der Waals surface area contributed by atoms with Crippen molar-refractivity contribution in [3.05, 3.63) is 36.1 Å². The molecule has 0 radical (unpaired) electrons. The number of hydrogen-bond acceptors (Lipinski definition) is 6. The van der Waals surface area contributed by atoms with Crippen LogP contribution in [0.3, 0.4) is 0 Å². The van der Waals surface area contributed by atoms with Gasteiger partial charge in [-0.25, -0.2) is 0 Å². The van der Waals surface area contributed by atoms with Gasteiger partial charge in [0.05, 0.1) is 5.57 Å². The van der Waals surface area contributed by atoms with Crippen molar-refractivity contribution in [3.63, 3.8) is 0 Å². The molecule has 0 saturated carbocycles. The number of Topliss-reactive ketones (excluding diaryl/α,β-unsaturated/α-hetero) is 1. The van der Waals surface area contributed by atoms with Crippen molar-refractivity contribution in [1.29, 1.82) is 0 Å². The quantitative estimate of drug-likeness (QED) is 0.532. The van der Waals surface area contributed by atoms with Gasteiger partial charge in [0, 0.05) is 37.7 Å². The van der Waals surface area contributed by atoms with E-state index in [0.717, 1.165) is 4.90 Å². The monoisotopic (exact) mass is 359 g/mol. The first-order valence-electron chi connectivity index (χ1n) is 8.15. The van der Waals surface area contributed by atoms with E-state index in [1.807, 2.05) is 0 Å². The largest absolute Gasteiger partial charge is 0.375 e. The lowest BCUT2D eigenvalue weighted by atomic mass is 10.0. The number of carbonyl (C=O) groups excluding carboxylic acids is 5. The van der Waals surface area contributed by atoms with Gasteiger partial charge >= 0.3 is 0 Å². The Labute approximate surface area is 151 Å². The van der Waals surface area contributed by atoms with Crippen molar-refractivity contribution in [2.75, 3.05) is 13.6 Å². The third kappa shape index (κ3) is 3.79. The number of rotatable bonds is 6. The average Bonchev–Trinajstić information content (AvgIpc) is 2.77. The number of nitrogens with zero attached hydrogens (tertiary/aromatic N) is 2. The zero-order chi connectivity index (χ0) is 19.6. The van der Waals surface area contributed by atoms with Gasteiger partial charge in [0.25, 0.3) is 11.8 Å². The second kappa shape index (κ2) is 7.47. The molecule has 0 aliphatic carbocycles. The molecule has 0 aromatic rings.